The van der Waals surface area contributed by atoms with Gasteiger partial charge in [0.15, 0.2) is 11.0 Å². The zero-order valence-electron chi connectivity index (χ0n) is 10.5. The minimum Gasteiger partial charge on any atom is -0.262 e. The Morgan fingerprint density at radius 2 is 2.06 bits per heavy atom. The first-order valence-electron chi connectivity index (χ1n) is 5.69. The highest BCUT2D eigenvalue weighted by Crippen LogP contribution is 2.30. The molecule has 1 unspecified atom stereocenters. The molecule has 1 aliphatic rings. The molecule has 2 rings (SSSR count). The van der Waals surface area contributed by atoms with E-state index in [0.717, 1.165) is 11.5 Å². The molecule has 0 aromatic carbocycles. The largest absolute Gasteiger partial charge is 0.262 e. The van der Waals surface area contributed by atoms with Crippen molar-refractivity contribution in [3.05, 3.63) is 29.1 Å². The SMILES string of the molecule is CC1=CC(C)(C(C)C)NN1c1ccc(Cl)nn1. The summed E-state index contributed by atoms with van der Waals surface area (Å²) >= 11 is 5.73. The molecule has 1 aromatic heterocycles. The minimum absolute atomic E-state index is 0.0502. The summed E-state index contributed by atoms with van der Waals surface area (Å²) in [6.07, 6.45) is 2.22. The third kappa shape index (κ3) is 2.28. The first kappa shape index (κ1) is 12.3. The summed E-state index contributed by atoms with van der Waals surface area (Å²) in [4.78, 5) is 0. The minimum atomic E-state index is -0.0502. The Labute approximate surface area is 107 Å². The van der Waals surface area contributed by atoms with E-state index in [2.05, 4.69) is 49.4 Å². The van der Waals surface area contributed by atoms with E-state index in [9.17, 15) is 0 Å². The summed E-state index contributed by atoms with van der Waals surface area (Å²) in [5, 5.41) is 10.3. The van der Waals surface area contributed by atoms with Crippen molar-refractivity contribution in [2.24, 2.45) is 5.92 Å². The molecule has 0 aliphatic carbocycles. The Morgan fingerprint density at radius 1 is 1.35 bits per heavy atom. The van der Waals surface area contributed by atoms with Gasteiger partial charge in [0, 0.05) is 5.70 Å². The molecule has 0 bridgehead atoms. The highest BCUT2D eigenvalue weighted by atomic mass is 35.5. The molecule has 5 heteroatoms. The standard InChI is InChI=1S/C12H17ClN4/c1-8(2)12(4)7-9(3)17(16-12)11-6-5-10(13)14-15-11/h5-8,16H,1-4H3. The number of nitrogens with zero attached hydrogens (tertiary/aromatic N) is 3. The maximum atomic E-state index is 5.73. The van der Waals surface area contributed by atoms with Crippen LogP contribution in [0.3, 0.4) is 0 Å². The van der Waals surface area contributed by atoms with Gasteiger partial charge in [-0.2, -0.15) is 0 Å². The van der Waals surface area contributed by atoms with Gasteiger partial charge in [-0.25, -0.2) is 5.43 Å². The number of nitrogens with one attached hydrogen (secondary N) is 1. The maximum Gasteiger partial charge on any atom is 0.169 e. The smallest absolute Gasteiger partial charge is 0.169 e. The van der Waals surface area contributed by atoms with Crippen molar-refractivity contribution >= 4 is 17.4 Å². The number of allylic oxidation sites excluding steroid dienone is 1. The Balaban J connectivity index is 2.26. The van der Waals surface area contributed by atoms with Gasteiger partial charge in [0.1, 0.15) is 0 Å². The maximum absolute atomic E-state index is 5.73. The molecule has 1 aliphatic heterocycles. The van der Waals surface area contributed by atoms with E-state index in [1.165, 1.54) is 0 Å². The summed E-state index contributed by atoms with van der Waals surface area (Å²) in [7, 11) is 0. The van der Waals surface area contributed by atoms with Crippen LogP contribution in [0.2, 0.25) is 5.15 Å². The van der Waals surface area contributed by atoms with Gasteiger partial charge in [0.05, 0.1) is 5.54 Å². The summed E-state index contributed by atoms with van der Waals surface area (Å²) in [5.41, 5.74) is 4.52. The molecule has 1 N–H and O–H groups in total. The predicted molar refractivity (Wildman–Crippen MR) is 69.7 cm³/mol. The second kappa shape index (κ2) is 4.27. The van der Waals surface area contributed by atoms with Crippen LogP contribution >= 0.6 is 11.6 Å². The number of hydrogen-bond acceptors (Lipinski definition) is 4. The fraction of sp³-hybridized carbons (Fsp3) is 0.500. The first-order valence-corrected chi connectivity index (χ1v) is 6.07. The van der Waals surface area contributed by atoms with Gasteiger partial charge >= 0.3 is 0 Å². The molecular weight excluding hydrogens is 236 g/mol. The molecular formula is C12H17ClN4. The molecule has 17 heavy (non-hydrogen) atoms. The molecule has 4 nitrogen and oxygen atoms in total. The lowest BCUT2D eigenvalue weighted by Gasteiger charge is -2.30. The number of halogens is 1. The van der Waals surface area contributed by atoms with E-state index in [4.69, 9.17) is 11.6 Å². The van der Waals surface area contributed by atoms with E-state index >= 15 is 0 Å². The second-order valence-electron chi connectivity index (χ2n) is 4.88. The highest BCUT2D eigenvalue weighted by molar-refractivity contribution is 6.29. The zero-order valence-corrected chi connectivity index (χ0v) is 11.3. The fourth-order valence-corrected chi connectivity index (χ4v) is 1.92. The molecule has 2 heterocycles. The van der Waals surface area contributed by atoms with Gasteiger partial charge in [-0.3, -0.25) is 5.01 Å². The Kier molecular flexibility index (Phi) is 3.10. The van der Waals surface area contributed by atoms with E-state index in [-0.39, 0.29) is 5.54 Å². The van der Waals surface area contributed by atoms with Crippen LogP contribution in [-0.2, 0) is 0 Å². The predicted octanol–water partition coefficient (Wildman–Crippen LogP) is 2.77. The van der Waals surface area contributed by atoms with Gasteiger partial charge in [-0.1, -0.05) is 25.4 Å². The zero-order chi connectivity index (χ0) is 12.6. The molecule has 0 fully saturated rings. The third-order valence-electron chi connectivity index (χ3n) is 3.26. The summed E-state index contributed by atoms with van der Waals surface area (Å²) in [5.74, 6) is 1.25. The van der Waals surface area contributed by atoms with Crippen molar-refractivity contribution < 1.29 is 0 Å². The number of hydrogen-bond donors (Lipinski definition) is 1. The van der Waals surface area contributed by atoms with Gasteiger partial charge in [-0.15, -0.1) is 10.2 Å². The first-order chi connectivity index (χ1) is 7.92. The molecule has 1 atom stereocenters. The van der Waals surface area contributed by atoms with Crippen molar-refractivity contribution in [3.63, 3.8) is 0 Å². The molecule has 0 amide bonds. The van der Waals surface area contributed by atoms with E-state index < -0.39 is 0 Å². The van der Waals surface area contributed by atoms with Crippen molar-refractivity contribution in [1.29, 1.82) is 0 Å². The van der Waals surface area contributed by atoms with Crippen molar-refractivity contribution in [2.75, 3.05) is 5.01 Å². The quantitative estimate of drug-likeness (QED) is 0.879. The lowest BCUT2D eigenvalue weighted by molar-refractivity contribution is 0.347. The normalized spacial score (nSPS) is 24.4. The second-order valence-corrected chi connectivity index (χ2v) is 5.27. The van der Waals surface area contributed by atoms with Crippen molar-refractivity contribution in [1.82, 2.24) is 15.6 Å². The number of hydrazine groups is 1. The number of aromatic nitrogens is 2. The topological polar surface area (TPSA) is 41.0 Å². The Hall–Kier alpha value is -1.13. The van der Waals surface area contributed by atoms with Crippen LogP contribution in [0.25, 0.3) is 0 Å². The van der Waals surface area contributed by atoms with E-state index in [1.807, 2.05) is 11.1 Å². The lowest BCUT2D eigenvalue weighted by Crippen LogP contribution is -2.48. The van der Waals surface area contributed by atoms with Crippen LogP contribution in [0.1, 0.15) is 27.7 Å². The lowest BCUT2D eigenvalue weighted by atomic mass is 9.89. The van der Waals surface area contributed by atoms with E-state index in [1.54, 1.807) is 6.07 Å². The highest BCUT2D eigenvalue weighted by Gasteiger charge is 2.35. The van der Waals surface area contributed by atoms with Crippen LogP contribution in [0.4, 0.5) is 5.82 Å². The van der Waals surface area contributed by atoms with Crippen LogP contribution in [0.15, 0.2) is 23.9 Å². The van der Waals surface area contributed by atoms with Gasteiger partial charge in [-0.05, 0) is 38.0 Å². The van der Waals surface area contributed by atoms with Crippen LogP contribution < -0.4 is 10.4 Å². The van der Waals surface area contributed by atoms with Gasteiger partial charge < -0.3 is 0 Å². The molecule has 0 radical (unpaired) electrons. The number of anilines is 1. The molecule has 0 saturated heterocycles. The average Bonchev–Trinajstić information content (AvgIpc) is 2.57. The van der Waals surface area contributed by atoms with E-state index in [0.29, 0.717) is 11.1 Å². The molecule has 0 saturated carbocycles. The fourth-order valence-electron chi connectivity index (χ4n) is 1.82. The van der Waals surface area contributed by atoms with Crippen LogP contribution in [0, 0.1) is 5.92 Å². The Morgan fingerprint density at radius 3 is 2.53 bits per heavy atom. The molecule has 1 aromatic rings. The summed E-state index contributed by atoms with van der Waals surface area (Å²) in [6.45, 7) is 8.60. The third-order valence-corrected chi connectivity index (χ3v) is 3.46. The monoisotopic (exact) mass is 252 g/mol. The summed E-state index contributed by atoms with van der Waals surface area (Å²) < 4.78 is 0. The molecule has 0 spiro atoms. The molecule has 92 valence electrons. The van der Waals surface area contributed by atoms with Crippen molar-refractivity contribution in [2.45, 2.75) is 33.2 Å². The van der Waals surface area contributed by atoms with Gasteiger partial charge in [0.2, 0.25) is 0 Å². The summed E-state index contributed by atoms with van der Waals surface area (Å²) in [6, 6.07) is 3.59. The van der Waals surface area contributed by atoms with Crippen LogP contribution in [0.5, 0.6) is 0 Å². The van der Waals surface area contributed by atoms with Gasteiger partial charge in [0.25, 0.3) is 0 Å². The Bertz CT molecular complexity index is 440. The number of rotatable bonds is 2. The average molecular weight is 253 g/mol. The van der Waals surface area contributed by atoms with Crippen LogP contribution in [-0.4, -0.2) is 15.7 Å². The van der Waals surface area contributed by atoms with Crippen molar-refractivity contribution in [3.8, 4) is 0 Å².